The van der Waals surface area contributed by atoms with Crippen LogP contribution in [0.3, 0.4) is 0 Å². The van der Waals surface area contributed by atoms with Crippen molar-refractivity contribution in [2.24, 2.45) is 5.73 Å². The number of fused-ring (bicyclic) bond motifs is 1. The number of rotatable bonds is 4. The molecule has 2 aliphatic rings. The van der Waals surface area contributed by atoms with E-state index in [0.717, 1.165) is 40.8 Å². The van der Waals surface area contributed by atoms with Gasteiger partial charge in [0, 0.05) is 24.2 Å². The summed E-state index contributed by atoms with van der Waals surface area (Å²) in [6.45, 7) is 0. The average molecular weight is 444 g/mol. The first-order valence-electron chi connectivity index (χ1n) is 10.5. The van der Waals surface area contributed by atoms with Crippen LogP contribution in [0.25, 0.3) is 22.3 Å². The smallest absolute Gasteiger partial charge is 0.280 e. The molecular weight excluding hydrogens is 420 g/mol. The summed E-state index contributed by atoms with van der Waals surface area (Å²) in [6.07, 6.45) is 9.22. The SMILES string of the molecule is N[C@@H]1CCCC(F)(F)[C@@H]1NC(=O)c1nc(-c2cnn3ccccc23)c(C2=CCCC2)s1. The molecular formula is C22H23F2N5OS. The monoisotopic (exact) mass is 443 g/mol. The van der Waals surface area contributed by atoms with Crippen LogP contribution in [-0.4, -0.2) is 38.5 Å². The van der Waals surface area contributed by atoms with Gasteiger partial charge in [-0.15, -0.1) is 11.3 Å². The summed E-state index contributed by atoms with van der Waals surface area (Å²) in [5, 5.41) is 7.04. The molecule has 162 valence electrons. The van der Waals surface area contributed by atoms with Gasteiger partial charge in [-0.2, -0.15) is 5.10 Å². The Kier molecular flexibility index (Phi) is 5.10. The fraction of sp³-hybridized carbons (Fsp3) is 0.409. The maximum atomic E-state index is 14.4. The van der Waals surface area contributed by atoms with Crippen molar-refractivity contribution in [3.63, 3.8) is 0 Å². The van der Waals surface area contributed by atoms with Crippen LogP contribution < -0.4 is 11.1 Å². The molecule has 3 heterocycles. The highest BCUT2D eigenvalue weighted by Crippen LogP contribution is 2.40. The number of amides is 1. The minimum absolute atomic E-state index is 0.168. The summed E-state index contributed by atoms with van der Waals surface area (Å²) in [6, 6.07) is 3.59. The molecule has 0 radical (unpaired) electrons. The Morgan fingerprint density at radius 1 is 1.32 bits per heavy atom. The number of nitrogens with one attached hydrogen (secondary N) is 1. The highest BCUT2D eigenvalue weighted by molar-refractivity contribution is 7.15. The van der Waals surface area contributed by atoms with Gasteiger partial charge in [-0.25, -0.2) is 18.3 Å². The van der Waals surface area contributed by atoms with Gasteiger partial charge in [-0.05, 0) is 49.8 Å². The molecule has 0 aromatic carbocycles. The van der Waals surface area contributed by atoms with Crippen LogP contribution >= 0.6 is 11.3 Å². The Hall–Kier alpha value is -2.65. The molecule has 0 bridgehead atoms. The van der Waals surface area contributed by atoms with E-state index in [0.29, 0.717) is 18.5 Å². The lowest BCUT2D eigenvalue weighted by Crippen LogP contribution is -2.59. The lowest BCUT2D eigenvalue weighted by atomic mass is 9.87. The van der Waals surface area contributed by atoms with Crippen LogP contribution in [0.4, 0.5) is 8.78 Å². The van der Waals surface area contributed by atoms with Crippen LogP contribution in [0.15, 0.2) is 36.7 Å². The molecule has 3 N–H and O–H groups in total. The minimum Gasteiger partial charge on any atom is -0.340 e. The van der Waals surface area contributed by atoms with E-state index in [2.05, 4.69) is 21.5 Å². The predicted octanol–water partition coefficient (Wildman–Crippen LogP) is 4.27. The molecule has 31 heavy (non-hydrogen) atoms. The number of nitrogens with two attached hydrogens (primary N) is 1. The summed E-state index contributed by atoms with van der Waals surface area (Å²) in [7, 11) is 0. The molecule has 1 saturated carbocycles. The molecule has 0 unspecified atom stereocenters. The molecule has 2 atom stereocenters. The van der Waals surface area contributed by atoms with Crippen LogP contribution in [0.1, 0.15) is 53.2 Å². The fourth-order valence-corrected chi connectivity index (χ4v) is 5.49. The molecule has 9 heteroatoms. The molecule has 3 aromatic rings. The van der Waals surface area contributed by atoms with Gasteiger partial charge in [0.1, 0.15) is 6.04 Å². The zero-order chi connectivity index (χ0) is 21.6. The molecule has 6 nitrogen and oxygen atoms in total. The number of allylic oxidation sites excluding steroid dienone is 2. The standard InChI is InChI=1S/C22H23F2N5OS/c23-22(24)10-5-8-15(25)19(22)28-20(30)21-27-17(18(31-21)13-6-1-2-7-13)14-12-26-29-11-4-3-9-16(14)29/h3-4,6,9,11-12,15,19H,1-2,5,7-8,10,25H2,(H,28,30)/t15-,19-/m1/s1. The quantitative estimate of drug-likeness (QED) is 0.631. The van der Waals surface area contributed by atoms with E-state index < -0.39 is 23.9 Å². The molecule has 3 aromatic heterocycles. The van der Waals surface area contributed by atoms with E-state index in [1.54, 1.807) is 10.7 Å². The third-order valence-corrected chi connectivity index (χ3v) is 7.18. The van der Waals surface area contributed by atoms with Crippen LogP contribution in [0, 0.1) is 0 Å². The van der Waals surface area contributed by atoms with E-state index >= 15 is 0 Å². The van der Waals surface area contributed by atoms with Crippen LogP contribution in [0.2, 0.25) is 0 Å². The molecule has 0 saturated heterocycles. The van der Waals surface area contributed by atoms with Crippen molar-refractivity contribution in [3.8, 4) is 11.3 Å². The van der Waals surface area contributed by atoms with Gasteiger partial charge in [0.15, 0.2) is 5.01 Å². The number of alkyl halides is 2. The number of aromatic nitrogens is 3. The largest absolute Gasteiger partial charge is 0.340 e. The number of hydrogen-bond acceptors (Lipinski definition) is 5. The van der Waals surface area contributed by atoms with E-state index in [4.69, 9.17) is 5.73 Å². The first-order chi connectivity index (χ1) is 14.9. The first kappa shape index (κ1) is 20.3. The Morgan fingerprint density at radius 3 is 2.97 bits per heavy atom. The first-order valence-corrected chi connectivity index (χ1v) is 11.3. The van der Waals surface area contributed by atoms with Crippen molar-refractivity contribution < 1.29 is 13.6 Å². The minimum atomic E-state index is -3.02. The van der Waals surface area contributed by atoms with Crippen LogP contribution in [0.5, 0.6) is 0 Å². The van der Waals surface area contributed by atoms with Gasteiger partial charge >= 0.3 is 0 Å². The number of thiazole rings is 1. The van der Waals surface area contributed by atoms with Crippen molar-refractivity contribution in [2.45, 2.75) is 56.5 Å². The number of hydrogen-bond donors (Lipinski definition) is 2. The number of carbonyl (C=O) groups is 1. The van der Waals surface area contributed by atoms with Crippen molar-refractivity contribution >= 4 is 28.3 Å². The number of halogens is 2. The summed E-state index contributed by atoms with van der Waals surface area (Å²) >= 11 is 1.25. The maximum absolute atomic E-state index is 14.4. The summed E-state index contributed by atoms with van der Waals surface area (Å²) < 4.78 is 30.5. The maximum Gasteiger partial charge on any atom is 0.280 e. The molecule has 2 aliphatic carbocycles. The summed E-state index contributed by atoms with van der Waals surface area (Å²) in [5.74, 6) is -3.62. The lowest BCUT2D eigenvalue weighted by Gasteiger charge is -2.36. The van der Waals surface area contributed by atoms with Gasteiger partial charge < -0.3 is 11.1 Å². The van der Waals surface area contributed by atoms with Crippen molar-refractivity contribution in [2.75, 3.05) is 0 Å². The van der Waals surface area contributed by atoms with Crippen molar-refractivity contribution in [1.29, 1.82) is 0 Å². The van der Waals surface area contributed by atoms with Crippen molar-refractivity contribution in [1.82, 2.24) is 19.9 Å². The zero-order valence-electron chi connectivity index (χ0n) is 16.9. The zero-order valence-corrected chi connectivity index (χ0v) is 17.7. The Morgan fingerprint density at radius 2 is 2.19 bits per heavy atom. The molecule has 0 aliphatic heterocycles. The van der Waals surface area contributed by atoms with Gasteiger partial charge in [-0.1, -0.05) is 12.1 Å². The van der Waals surface area contributed by atoms with E-state index in [9.17, 15) is 13.6 Å². The second-order valence-electron chi connectivity index (χ2n) is 8.18. The molecule has 5 rings (SSSR count). The average Bonchev–Trinajstić information content (AvgIpc) is 3.49. The second kappa shape index (κ2) is 7.80. The fourth-order valence-electron chi connectivity index (χ4n) is 4.44. The third kappa shape index (κ3) is 3.65. The number of nitrogens with zero attached hydrogens (tertiary/aromatic N) is 3. The summed E-state index contributed by atoms with van der Waals surface area (Å²) in [5.41, 5.74) is 9.43. The number of pyridine rings is 1. The molecule has 0 spiro atoms. The van der Waals surface area contributed by atoms with E-state index in [1.165, 1.54) is 11.3 Å². The van der Waals surface area contributed by atoms with Gasteiger partial charge in [0.2, 0.25) is 0 Å². The van der Waals surface area contributed by atoms with E-state index in [1.807, 2.05) is 24.4 Å². The normalized spacial score (nSPS) is 23.1. The molecule has 1 fully saturated rings. The number of carbonyl (C=O) groups excluding carboxylic acids is 1. The highest BCUT2D eigenvalue weighted by atomic mass is 32.1. The summed E-state index contributed by atoms with van der Waals surface area (Å²) in [4.78, 5) is 18.5. The van der Waals surface area contributed by atoms with Crippen molar-refractivity contribution in [3.05, 3.63) is 46.6 Å². The molecule has 1 amide bonds. The van der Waals surface area contributed by atoms with E-state index in [-0.39, 0.29) is 11.4 Å². The third-order valence-electron chi connectivity index (χ3n) is 6.05. The highest BCUT2D eigenvalue weighted by Gasteiger charge is 2.46. The predicted molar refractivity (Wildman–Crippen MR) is 116 cm³/mol. The second-order valence-corrected chi connectivity index (χ2v) is 9.17. The lowest BCUT2D eigenvalue weighted by molar-refractivity contribution is -0.0674. The van der Waals surface area contributed by atoms with Crippen LogP contribution in [-0.2, 0) is 0 Å². The Balaban J connectivity index is 1.53. The topological polar surface area (TPSA) is 85.3 Å². The Labute approximate surface area is 182 Å². The van der Waals surface area contributed by atoms with Gasteiger partial charge in [-0.3, -0.25) is 4.79 Å². The Bertz CT molecular complexity index is 1170. The van der Waals surface area contributed by atoms with Gasteiger partial charge in [0.25, 0.3) is 11.8 Å². The van der Waals surface area contributed by atoms with Gasteiger partial charge in [0.05, 0.1) is 22.3 Å².